The van der Waals surface area contributed by atoms with Crippen LogP contribution >= 0.6 is 12.6 Å². The van der Waals surface area contributed by atoms with Crippen LogP contribution in [0.3, 0.4) is 0 Å². The maximum Gasteiger partial charge on any atom is 0.254 e. The molecule has 0 bridgehead atoms. The summed E-state index contributed by atoms with van der Waals surface area (Å²) in [6, 6.07) is 7.18. The maximum atomic E-state index is 12.5. The van der Waals surface area contributed by atoms with E-state index in [0.29, 0.717) is 5.56 Å². The number of primary amides is 1. The van der Waals surface area contributed by atoms with Gasteiger partial charge in [-0.25, -0.2) is 0 Å². The van der Waals surface area contributed by atoms with Gasteiger partial charge in [-0.1, -0.05) is 18.9 Å². The number of thiol groups is 1. The van der Waals surface area contributed by atoms with Crippen LogP contribution in [0.4, 0.5) is 0 Å². The van der Waals surface area contributed by atoms with Crippen molar-refractivity contribution in [1.29, 1.82) is 0 Å². The van der Waals surface area contributed by atoms with E-state index in [1.165, 1.54) is 0 Å². The van der Waals surface area contributed by atoms with E-state index in [4.69, 9.17) is 5.73 Å². The summed E-state index contributed by atoms with van der Waals surface area (Å²) in [6.45, 7) is -0.0136. The van der Waals surface area contributed by atoms with E-state index in [2.05, 4.69) is 12.6 Å². The fourth-order valence-corrected chi connectivity index (χ4v) is 2.78. The van der Waals surface area contributed by atoms with Gasteiger partial charge in [0, 0.05) is 16.5 Å². The van der Waals surface area contributed by atoms with Crippen molar-refractivity contribution >= 4 is 24.4 Å². The van der Waals surface area contributed by atoms with Crippen molar-refractivity contribution in [2.24, 2.45) is 5.73 Å². The van der Waals surface area contributed by atoms with Crippen molar-refractivity contribution in [2.45, 2.75) is 36.6 Å². The number of nitrogens with zero attached hydrogens (tertiary/aromatic N) is 1. The first kappa shape index (κ1) is 13.9. The molecule has 1 aliphatic rings. The Hall–Kier alpha value is -1.49. The monoisotopic (exact) mass is 278 g/mol. The van der Waals surface area contributed by atoms with Gasteiger partial charge in [0.25, 0.3) is 5.91 Å². The van der Waals surface area contributed by atoms with Gasteiger partial charge in [0.15, 0.2) is 0 Å². The first-order valence-corrected chi connectivity index (χ1v) is 6.91. The zero-order valence-electron chi connectivity index (χ0n) is 10.7. The molecule has 2 amide bonds. The van der Waals surface area contributed by atoms with E-state index >= 15 is 0 Å². The van der Waals surface area contributed by atoms with Crippen LogP contribution in [0.5, 0.6) is 0 Å². The molecule has 0 radical (unpaired) electrons. The average Bonchev–Trinajstić information content (AvgIpc) is 2.88. The fourth-order valence-electron chi connectivity index (χ4n) is 2.56. The summed E-state index contributed by atoms with van der Waals surface area (Å²) in [4.78, 5) is 26.0. The van der Waals surface area contributed by atoms with Gasteiger partial charge >= 0.3 is 0 Å². The maximum absolute atomic E-state index is 12.5. The Kier molecular flexibility index (Phi) is 4.47. The van der Waals surface area contributed by atoms with Crippen LogP contribution in [-0.4, -0.2) is 29.3 Å². The van der Waals surface area contributed by atoms with Crippen LogP contribution in [0.15, 0.2) is 29.2 Å². The average molecular weight is 278 g/mol. The van der Waals surface area contributed by atoms with Crippen LogP contribution < -0.4 is 5.73 Å². The van der Waals surface area contributed by atoms with E-state index in [1.54, 1.807) is 23.1 Å². The Balaban J connectivity index is 2.21. The topological polar surface area (TPSA) is 63.4 Å². The zero-order chi connectivity index (χ0) is 13.8. The molecule has 0 aromatic heterocycles. The van der Waals surface area contributed by atoms with E-state index in [1.807, 2.05) is 6.07 Å². The highest BCUT2D eigenvalue weighted by Gasteiger charge is 2.28. The zero-order valence-corrected chi connectivity index (χ0v) is 11.6. The molecule has 4 nitrogen and oxygen atoms in total. The van der Waals surface area contributed by atoms with Gasteiger partial charge in [-0.2, -0.15) is 0 Å². The lowest BCUT2D eigenvalue weighted by Crippen LogP contribution is -2.44. The standard InChI is InChI=1S/C14H18N2O2S/c15-13(17)9-16(11-5-1-2-6-11)14(18)10-4-3-7-12(19)8-10/h3-4,7-8,11,19H,1-2,5-6,9H2,(H2,15,17). The Labute approximate surface area is 118 Å². The molecule has 1 aliphatic carbocycles. The summed E-state index contributed by atoms with van der Waals surface area (Å²) in [5.41, 5.74) is 5.81. The van der Waals surface area contributed by atoms with Crippen molar-refractivity contribution in [3.05, 3.63) is 29.8 Å². The molecule has 0 aliphatic heterocycles. The molecule has 19 heavy (non-hydrogen) atoms. The summed E-state index contributed by atoms with van der Waals surface area (Å²) in [6.07, 6.45) is 4.08. The summed E-state index contributed by atoms with van der Waals surface area (Å²) < 4.78 is 0. The van der Waals surface area contributed by atoms with Crippen LogP contribution in [0.2, 0.25) is 0 Å². The molecule has 1 fully saturated rings. The molecular weight excluding hydrogens is 260 g/mol. The lowest BCUT2D eigenvalue weighted by atomic mass is 10.1. The van der Waals surface area contributed by atoms with Gasteiger partial charge in [0.2, 0.25) is 5.91 Å². The SMILES string of the molecule is NC(=O)CN(C(=O)c1cccc(S)c1)C1CCCC1. The second kappa shape index (κ2) is 6.10. The molecule has 5 heteroatoms. The van der Waals surface area contributed by atoms with Gasteiger partial charge in [0.05, 0.1) is 6.54 Å². The number of hydrogen-bond acceptors (Lipinski definition) is 3. The third-order valence-corrected chi connectivity index (χ3v) is 3.72. The smallest absolute Gasteiger partial charge is 0.254 e. The first-order valence-electron chi connectivity index (χ1n) is 6.46. The van der Waals surface area contributed by atoms with Crippen molar-refractivity contribution in [2.75, 3.05) is 6.54 Å². The second-order valence-electron chi connectivity index (χ2n) is 4.89. The minimum atomic E-state index is -0.470. The second-order valence-corrected chi connectivity index (χ2v) is 5.40. The lowest BCUT2D eigenvalue weighted by Gasteiger charge is -2.28. The summed E-state index contributed by atoms with van der Waals surface area (Å²) >= 11 is 4.23. The van der Waals surface area contributed by atoms with Gasteiger partial charge < -0.3 is 10.6 Å². The van der Waals surface area contributed by atoms with Gasteiger partial charge in [-0.3, -0.25) is 9.59 Å². The van der Waals surface area contributed by atoms with Crippen molar-refractivity contribution in [3.8, 4) is 0 Å². The summed E-state index contributed by atoms with van der Waals surface area (Å²) in [7, 11) is 0. The molecule has 102 valence electrons. The first-order chi connectivity index (χ1) is 9.08. The Morgan fingerprint density at radius 2 is 2.00 bits per heavy atom. The van der Waals surface area contributed by atoms with Gasteiger partial charge in [0.1, 0.15) is 0 Å². The number of rotatable bonds is 4. The highest BCUT2D eigenvalue weighted by atomic mass is 32.1. The molecule has 1 aromatic rings. The molecular formula is C14H18N2O2S. The van der Waals surface area contributed by atoms with Crippen LogP contribution in [-0.2, 0) is 4.79 Å². The van der Waals surface area contributed by atoms with E-state index in [9.17, 15) is 9.59 Å². The van der Waals surface area contributed by atoms with Crippen molar-refractivity contribution in [1.82, 2.24) is 4.90 Å². The summed E-state index contributed by atoms with van der Waals surface area (Å²) in [5, 5.41) is 0. The van der Waals surface area contributed by atoms with Crippen molar-refractivity contribution < 1.29 is 9.59 Å². The highest BCUT2D eigenvalue weighted by Crippen LogP contribution is 2.25. The number of amides is 2. The molecule has 0 heterocycles. The van der Waals surface area contributed by atoms with E-state index < -0.39 is 5.91 Å². The normalized spacial score (nSPS) is 15.4. The third kappa shape index (κ3) is 3.50. The fraction of sp³-hybridized carbons (Fsp3) is 0.429. The molecule has 0 atom stereocenters. The van der Waals surface area contributed by atoms with Crippen molar-refractivity contribution in [3.63, 3.8) is 0 Å². The quantitative estimate of drug-likeness (QED) is 0.826. The Morgan fingerprint density at radius 1 is 1.32 bits per heavy atom. The molecule has 0 spiro atoms. The lowest BCUT2D eigenvalue weighted by molar-refractivity contribution is -0.119. The van der Waals surface area contributed by atoms with E-state index in [0.717, 1.165) is 30.6 Å². The van der Waals surface area contributed by atoms with Gasteiger partial charge in [-0.15, -0.1) is 12.6 Å². The molecule has 2 N–H and O–H groups in total. The van der Waals surface area contributed by atoms with E-state index in [-0.39, 0.29) is 18.5 Å². The Morgan fingerprint density at radius 3 is 2.58 bits per heavy atom. The van der Waals surface area contributed by atoms with Crippen LogP contribution in [0, 0.1) is 0 Å². The largest absolute Gasteiger partial charge is 0.368 e. The van der Waals surface area contributed by atoms with Crippen LogP contribution in [0.25, 0.3) is 0 Å². The number of carbonyl (C=O) groups is 2. The summed E-state index contributed by atoms with van der Waals surface area (Å²) in [5.74, 6) is -0.608. The molecule has 1 saturated carbocycles. The predicted molar refractivity (Wildman–Crippen MR) is 76.2 cm³/mol. The molecule has 2 rings (SSSR count). The molecule has 0 saturated heterocycles. The van der Waals surface area contributed by atoms with Crippen LogP contribution in [0.1, 0.15) is 36.0 Å². The number of benzene rings is 1. The minimum absolute atomic E-state index is 0.0136. The van der Waals surface area contributed by atoms with Gasteiger partial charge in [-0.05, 0) is 31.0 Å². The highest BCUT2D eigenvalue weighted by molar-refractivity contribution is 7.80. The minimum Gasteiger partial charge on any atom is -0.368 e. The number of nitrogens with two attached hydrogens (primary N) is 1. The third-order valence-electron chi connectivity index (χ3n) is 3.45. The number of carbonyl (C=O) groups excluding carboxylic acids is 2. The molecule has 0 unspecified atom stereocenters. The molecule has 1 aromatic carbocycles. The Bertz CT molecular complexity index is 484. The number of hydrogen-bond donors (Lipinski definition) is 2. The predicted octanol–water partition coefficient (Wildman–Crippen LogP) is 1.85.